The summed E-state index contributed by atoms with van der Waals surface area (Å²) >= 11 is 10.2. The van der Waals surface area contributed by atoms with Gasteiger partial charge in [0.2, 0.25) is 5.91 Å². The number of thiophene rings is 1. The zero-order chi connectivity index (χ0) is 34.6. The highest BCUT2D eigenvalue weighted by atomic mass is 127. The van der Waals surface area contributed by atoms with Gasteiger partial charge in [-0.25, -0.2) is 8.78 Å². The van der Waals surface area contributed by atoms with Crippen LogP contribution in [0.25, 0.3) is 32.1 Å². The van der Waals surface area contributed by atoms with E-state index in [0.717, 1.165) is 50.1 Å². The lowest BCUT2D eigenvalue weighted by atomic mass is 9.95. The maximum Gasteiger partial charge on any atom is 0.319 e. The van der Waals surface area contributed by atoms with Crippen LogP contribution in [0.3, 0.4) is 0 Å². The van der Waals surface area contributed by atoms with Crippen molar-refractivity contribution in [3.05, 3.63) is 53.1 Å². The standard InChI is InChI=1S/C35H35ClF2IN7O2S/c1-4-26(47)43-13-15-44(16-14-43)32-22-17-24(36)28(21-7-8-25(37)31-27(21)23(18-40)33(49-31)46(39)20(2)3)29(38)30(22)41-34(42-32)48-19-35-9-5-11-45(35)12-6-10-35/h4,7-8,17,20H,1,5-6,9-16,19H2,2-3H3. The van der Waals surface area contributed by atoms with Gasteiger partial charge >= 0.3 is 6.01 Å². The van der Waals surface area contributed by atoms with Gasteiger partial charge in [-0.05, 0) is 76.4 Å². The van der Waals surface area contributed by atoms with Gasteiger partial charge < -0.3 is 17.6 Å². The Kier molecular flexibility index (Phi) is 9.36. The molecule has 3 aliphatic rings. The highest BCUT2D eigenvalue weighted by molar-refractivity contribution is 14.1. The second kappa shape index (κ2) is 13.4. The van der Waals surface area contributed by atoms with Crippen LogP contribution < -0.4 is 12.8 Å². The second-order valence-corrected chi connectivity index (χ2v) is 15.5. The van der Waals surface area contributed by atoms with E-state index in [1.54, 1.807) is 11.0 Å². The molecule has 4 aromatic rings. The first kappa shape index (κ1) is 34.1. The van der Waals surface area contributed by atoms with Gasteiger partial charge in [-0.3, -0.25) is 9.69 Å². The highest BCUT2D eigenvalue weighted by Gasteiger charge is 2.45. The predicted octanol–water partition coefficient (Wildman–Crippen LogP) is 7.72. The molecule has 0 N–H and O–H groups in total. The van der Waals surface area contributed by atoms with Gasteiger partial charge in [0.05, 0.1) is 43.7 Å². The molecular formula is C35H35ClF2IN7O2S. The molecule has 5 heterocycles. The van der Waals surface area contributed by atoms with Crippen LogP contribution in [-0.4, -0.2) is 83.1 Å². The summed E-state index contributed by atoms with van der Waals surface area (Å²) in [6.45, 7) is 11.8. The van der Waals surface area contributed by atoms with E-state index >= 15 is 8.78 Å². The van der Waals surface area contributed by atoms with Crippen LogP contribution in [0.5, 0.6) is 6.01 Å². The SMILES string of the molecule is C=CC(=O)N1CCN(c2nc(OCC34CCCN3CCC4)nc3c(F)c(-c4ccc(F)c5sc(N(I)C(C)C)c(C#N)c45)c(Cl)cc23)CC1. The number of fused-ring (bicyclic) bond motifs is 3. The molecule has 0 atom stereocenters. The largest absolute Gasteiger partial charge is 0.461 e. The molecule has 256 valence electrons. The van der Waals surface area contributed by atoms with Crippen molar-refractivity contribution in [3.63, 3.8) is 0 Å². The molecule has 0 spiro atoms. The summed E-state index contributed by atoms with van der Waals surface area (Å²) in [4.78, 5) is 27.9. The van der Waals surface area contributed by atoms with Gasteiger partial charge in [0.25, 0.3) is 0 Å². The number of halogens is 4. The number of amides is 1. The number of benzene rings is 2. The van der Waals surface area contributed by atoms with Crippen LogP contribution in [0.15, 0.2) is 30.9 Å². The van der Waals surface area contributed by atoms with E-state index in [0.29, 0.717) is 59.9 Å². The molecule has 2 aromatic heterocycles. The fourth-order valence-electron chi connectivity index (χ4n) is 7.50. The third kappa shape index (κ3) is 5.88. The smallest absolute Gasteiger partial charge is 0.319 e. The van der Waals surface area contributed by atoms with Crippen molar-refractivity contribution in [2.75, 3.05) is 53.9 Å². The molecule has 0 unspecified atom stereocenters. The normalized spacial score (nSPS) is 17.6. The Balaban J connectivity index is 1.38. The van der Waals surface area contributed by atoms with E-state index in [1.807, 2.05) is 21.9 Å². The van der Waals surface area contributed by atoms with Gasteiger partial charge in [0.15, 0.2) is 5.82 Å². The van der Waals surface area contributed by atoms with E-state index in [-0.39, 0.29) is 49.9 Å². The van der Waals surface area contributed by atoms with E-state index < -0.39 is 11.6 Å². The van der Waals surface area contributed by atoms with Crippen molar-refractivity contribution in [1.82, 2.24) is 19.8 Å². The molecule has 0 bridgehead atoms. The Morgan fingerprint density at radius 1 is 1.20 bits per heavy atom. The molecule has 49 heavy (non-hydrogen) atoms. The number of hydrogen-bond acceptors (Lipinski definition) is 9. The fraction of sp³-hybridized carbons (Fsp3) is 0.429. The average molecular weight is 818 g/mol. The summed E-state index contributed by atoms with van der Waals surface area (Å²) in [7, 11) is 0. The maximum absolute atomic E-state index is 17.2. The number of piperazine rings is 1. The lowest BCUT2D eigenvalue weighted by Gasteiger charge is -2.35. The van der Waals surface area contributed by atoms with E-state index in [4.69, 9.17) is 21.3 Å². The van der Waals surface area contributed by atoms with E-state index in [9.17, 15) is 10.1 Å². The molecule has 14 heteroatoms. The summed E-state index contributed by atoms with van der Waals surface area (Å²) < 4.78 is 41.0. The van der Waals surface area contributed by atoms with Crippen LogP contribution >= 0.6 is 45.8 Å². The summed E-state index contributed by atoms with van der Waals surface area (Å²) in [5.74, 6) is -0.899. The van der Waals surface area contributed by atoms with E-state index in [2.05, 4.69) is 45.4 Å². The highest BCUT2D eigenvalue weighted by Crippen LogP contribution is 2.48. The summed E-state index contributed by atoms with van der Waals surface area (Å²) in [6, 6.07) is 6.73. The van der Waals surface area contributed by atoms with Gasteiger partial charge in [-0.1, -0.05) is 24.2 Å². The minimum Gasteiger partial charge on any atom is -0.461 e. The van der Waals surface area contributed by atoms with Gasteiger partial charge in [-0.15, -0.1) is 11.3 Å². The van der Waals surface area contributed by atoms with Crippen molar-refractivity contribution in [3.8, 4) is 23.2 Å². The van der Waals surface area contributed by atoms with Crippen molar-refractivity contribution in [2.45, 2.75) is 51.1 Å². The number of anilines is 2. The third-order valence-corrected chi connectivity index (χ3v) is 13.4. The quantitative estimate of drug-likeness (QED) is 0.102. The van der Waals surface area contributed by atoms with Crippen molar-refractivity contribution < 1.29 is 18.3 Å². The Labute approximate surface area is 306 Å². The Bertz CT molecular complexity index is 2020. The van der Waals surface area contributed by atoms with E-state index in [1.165, 1.54) is 18.2 Å². The summed E-state index contributed by atoms with van der Waals surface area (Å²) in [5, 5.41) is 11.7. The molecule has 2 aromatic carbocycles. The minimum absolute atomic E-state index is 0.0142. The molecule has 0 aliphatic carbocycles. The van der Waals surface area contributed by atoms with Crippen molar-refractivity contribution in [1.29, 1.82) is 5.26 Å². The van der Waals surface area contributed by atoms with Crippen LogP contribution in [0, 0.1) is 23.0 Å². The molecule has 0 radical (unpaired) electrons. The predicted molar refractivity (Wildman–Crippen MR) is 199 cm³/mol. The van der Waals surface area contributed by atoms with Crippen molar-refractivity contribution in [2.24, 2.45) is 0 Å². The number of ether oxygens (including phenoxy) is 1. The molecule has 3 fully saturated rings. The first-order valence-electron chi connectivity index (χ1n) is 16.4. The van der Waals surface area contributed by atoms with Gasteiger partial charge in [0, 0.05) is 48.6 Å². The Morgan fingerprint density at radius 3 is 2.57 bits per heavy atom. The first-order chi connectivity index (χ1) is 23.6. The molecular weight excluding hydrogens is 783 g/mol. The number of hydrogen-bond donors (Lipinski definition) is 0. The van der Waals surface area contributed by atoms with Crippen molar-refractivity contribution >= 4 is 83.5 Å². The molecule has 3 saturated heterocycles. The molecule has 0 saturated carbocycles. The number of nitrogens with zero attached hydrogens (tertiary/aromatic N) is 7. The lowest BCUT2D eigenvalue weighted by Crippen LogP contribution is -2.48. The zero-order valence-electron chi connectivity index (χ0n) is 27.2. The molecule has 7 rings (SSSR count). The summed E-state index contributed by atoms with van der Waals surface area (Å²) in [5.41, 5.74) is 0.521. The first-order valence-corrected chi connectivity index (χ1v) is 18.6. The number of aromatic nitrogens is 2. The monoisotopic (exact) mass is 817 g/mol. The summed E-state index contributed by atoms with van der Waals surface area (Å²) in [6.07, 6.45) is 5.55. The van der Waals surface area contributed by atoms with Crippen LogP contribution in [-0.2, 0) is 4.79 Å². The number of carbonyl (C=O) groups is 1. The average Bonchev–Trinajstić information content (AvgIpc) is 3.81. The Morgan fingerprint density at radius 2 is 1.92 bits per heavy atom. The molecule has 3 aliphatic heterocycles. The fourth-order valence-corrected chi connectivity index (χ4v) is 9.55. The minimum atomic E-state index is -0.710. The van der Waals surface area contributed by atoms with Gasteiger partial charge in [-0.2, -0.15) is 15.2 Å². The maximum atomic E-state index is 17.2. The van der Waals surface area contributed by atoms with Crippen LogP contribution in [0.1, 0.15) is 45.1 Å². The Hall–Kier alpha value is -3.32. The van der Waals surface area contributed by atoms with Gasteiger partial charge in [0.1, 0.15) is 34.8 Å². The van der Waals surface area contributed by atoms with Crippen LogP contribution in [0.2, 0.25) is 5.02 Å². The number of rotatable bonds is 8. The number of nitriles is 1. The number of carbonyl (C=O) groups excluding carboxylic acids is 1. The second-order valence-electron chi connectivity index (χ2n) is 13.1. The third-order valence-electron chi connectivity index (χ3n) is 9.99. The van der Waals surface area contributed by atoms with Crippen LogP contribution in [0.4, 0.5) is 19.6 Å². The molecule has 9 nitrogen and oxygen atoms in total. The zero-order valence-corrected chi connectivity index (χ0v) is 31.0. The topological polar surface area (TPSA) is 88.8 Å². The lowest BCUT2D eigenvalue weighted by molar-refractivity contribution is -0.126. The molecule has 1 amide bonds.